The molecule has 146 valence electrons. The molecule has 3 heterocycles. The number of fused-ring (bicyclic) bond motifs is 1. The molecule has 1 fully saturated rings. The van der Waals surface area contributed by atoms with Gasteiger partial charge in [0, 0.05) is 31.6 Å². The zero-order valence-corrected chi connectivity index (χ0v) is 17.1. The molecule has 1 saturated heterocycles. The van der Waals surface area contributed by atoms with Gasteiger partial charge in [0.25, 0.3) is 0 Å². The van der Waals surface area contributed by atoms with E-state index < -0.39 is 0 Å². The monoisotopic (exact) mass is 424 g/mol. The summed E-state index contributed by atoms with van der Waals surface area (Å²) < 4.78 is 14.2. The molecule has 0 N–H and O–H groups in total. The fourth-order valence-electron chi connectivity index (χ4n) is 3.72. The third kappa shape index (κ3) is 3.43. The molecule has 0 bridgehead atoms. The van der Waals surface area contributed by atoms with E-state index in [1.807, 2.05) is 47.8 Å². The Hall–Kier alpha value is -2.70. The number of para-hydroxylation sites is 2. The van der Waals surface area contributed by atoms with Crippen molar-refractivity contribution in [2.24, 2.45) is 0 Å². The molecule has 0 saturated carbocycles. The molecular weight excluding hydrogens is 407 g/mol. The highest BCUT2D eigenvalue weighted by atomic mass is 35.5. The van der Waals surface area contributed by atoms with Crippen molar-refractivity contribution >= 4 is 45.3 Å². The quantitative estimate of drug-likeness (QED) is 0.436. The molecule has 0 spiro atoms. The Labute approximate surface area is 177 Å². The zero-order valence-electron chi connectivity index (χ0n) is 15.6. The van der Waals surface area contributed by atoms with Crippen LogP contribution in [-0.4, -0.2) is 36.1 Å². The normalized spacial score (nSPS) is 14.6. The van der Waals surface area contributed by atoms with Gasteiger partial charge in [0.2, 0.25) is 0 Å². The maximum absolute atomic E-state index is 14.2. The molecule has 0 radical (unpaired) electrons. The van der Waals surface area contributed by atoms with Gasteiger partial charge in [-0.3, -0.25) is 0 Å². The molecule has 1 aliphatic rings. The van der Waals surface area contributed by atoms with E-state index >= 15 is 0 Å². The maximum atomic E-state index is 14.2. The number of anilines is 2. The van der Waals surface area contributed by atoms with Gasteiger partial charge in [-0.1, -0.05) is 35.9 Å². The molecule has 5 rings (SSSR count). The number of hydrogen-bond donors (Lipinski definition) is 0. The van der Waals surface area contributed by atoms with Gasteiger partial charge in [-0.15, -0.1) is 11.3 Å². The number of nitrogens with zero attached hydrogens (tertiary/aromatic N) is 4. The topological polar surface area (TPSA) is 32.3 Å². The number of rotatable bonds is 3. The molecule has 0 aliphatic carbocycles. The van der Waals surface area contributed by atoms with Crippen LogP contribution in [0.25, 0.3) is 21.6 Å². The van der Waals surface area contributed by atoms with Crippen molar-refractivity contribution in [1.29, 1.82) is 0 Å². The smallest absolute Gasteiger partial charge is 0.173 e. The first kappa shape index (κ1) is 18.3. The van der Waals surface area contributed by atoms with E-state index in [0.29, 0.717) is 16.5 Å². The fourth-order valence-corrected chi connectivity index (χ4v) is 4.80. The average molecular weight is 425 g/mol. The summed E-state index contributed by atoms with van der Waals surface area (Å²) in [7, 11) is 0. The first-order chi connectivity index (χ1) is 14.2. The van der Waals surface area contributed by atoms with Crippen molar-refractivity contribution < 1.29 is 4.39 Å². The van der Waals surface area contributed by atoms with E-state index in [9.17, 15) is 4.39 Å². The number of thiophene rings is 1. The number of hydrogen-bond acceptors (Lipinski definition) is 5. The third-order valence-corrected chi connectivity index (χ3v) is 6.51. The Kier molecular flexibility index (Phi) is 4.81. The van der Waals surface area contributed by atoms with Crippen molar-refractivity contribution in [3.63, 3.8) is 0 Å². The molecule has 4 aromatic rings. The Morgan fingerprint density at radius 1 is 0.862 bits per heavy atom. The standard InChI is InChI=1S/C22H18ClFN4S/c23-16-9-14-29-20(16)21-25-18-7-3-1-5-15(18)22(26-21)28-12-10-27(11-13-28)19-8-4-2-6-17(19)24/h1-9,14H,10-13H2. The Morgan fingerprint density at radius 2 is 1.59 bits per heavy atom. The van der Waals surface area contributed by atoms with Gasteiger partial charge in [-0.25, -0.2) is 14.4 Å². The summed E-state index contributed by atoms with van der Waals surface area (Å²) in [5.41, 5.74) is 1.55. The van der Waals surface area contributed by atoms with E-state index in [1.165, 1.54) is 6.07 Å². The van der Waals surface area contributed by atoms with Gasteiger partial charge in [-0.05, 0) is 35.7 Å². The van der Waals surface area contributed by atoms with Crippen molar-refractivity contribution in [2.75, 3.05) is 36.0 Å². The summed E-state index contributed by atoms with van der Waals surface area (Å²) >= 11 is 7.88. The maximum Gasteiger partial charge on any atom is 0.173 e. The molecule has 0 amide bonds. The van der Waals surface area contributed by atoms with E-state index in [4.69, 9.17) is 21.6 Å². The van der Waals surface area contributed by atoms with E-state index in [2.05, 4.69) is 9.80 Å². The highest BCUT2D eigenvalue weighted by molar-refractivity contribution is 7.14. The number of benzene rings is 2. The first-order valence-electron chi connectivity index (χ1n) is 9.45. The van der Waals surface area contributed by atoms with Gasteiger partial charge in [-0.2, -0.15) is 0 Å². The lowest BCUT2D eigenvalue weighted by Gasteiger charge is -2.37. The molecular formula is C22H18ClFN4S. The lowest BCUT2D eigenvalue weighted by molar-refractivity contribution is 0.597. The molecule has 2 aromatic heterocycles. The summed E-state index contributed by atoms with van der Waals surface area (Å²) in [4.78, 5) is 14.9. The van der Waals surface area contributed by atoms with Crippen molar-refractivity contribution in [2.45, 2.75) is 0 Å². The van der Waals surface area contributed by atoms with Crippen LogP contribution < -0.4 is 9.80 Å². The summed E-state index contributed by atoms with van der Waals surface area (Å²) in [6.45, 7) is 2.97. The van der Waals surface area contributed by atoms with Crippen LogP contribution in [0.3, 0.4) is 0 Å². The summed E-state index contributed by atoms with van der Waals surface area (Å²) in [5, 5.41) is 3.63. The number of halogens is 2. The van der Waals surface area contributed by atoms with E-state index in [-0.39, 0.29) is 5.82 Å². The first-order valence-corrected chi connectivity index (χ1v) is 10.7. The lowest BCUT2D eigenvalue weighted by atomic mass is 10.2. The summed E-state index contributed by atoms with van der Waals surface area (Å²) in [6, 6.07) is 16.8. The Morgan fingerprint density at radius 3 is 2.34 bits per heavy atom. The minimum absolute atomic E-state index is 0.178. The predicted octanol–water partition coefficient (Wildman–Crippen LogP) is 5.48. The van der Waals surface area contributed by atoms with E-state index in [1.54, 1.807) is 17.4 Å². The van der Waals surface area contributed by atoms with Crippen LogP contribution in [0.5, 0.6) is 0 Å². The van der Waals surface area contributed by atoms with Crippen molar-refractivity contribution in [3.05, 3.63) is 70.8 Å². The van der Waals surface area contributed by atoms with Crippen molar-refractivity contribution in [1.82, 2.24) is 9.97 Å². The van der Waals surface area contributed by atoms with Gasteiger partial charge in [0.05, 0.1) is 21.1 Å². The molecule has 4 nitrogen and oxygen atoms in total. The summed E-state index contributed by atoms with van der Waals surface area (Å²) in [5.74, 6) is 1.38. The van der Waals surface area contributed by atoms with E-state index in [0.717, 1.165) is 47.8 Å². The van der Waals surface area contributed by atoms with Crippen molar-refractivity contribution in [3.8, 4) is 10.7 Å². The second-order valence-electron chi connectivity index (χ2n) is 6.91. The van der Waals surface area contributed by atoms with Crippen LogP contribution in [0.2, 0.25) is 5.02 Å². The third-order valence-electron chi connectivity index (χ3n) is 5.18. The second-order valence-corrected chi connectivity index (χ2v) is 8.23. The molecule has 0 atom stereocenters. The second kappa shape index (κ2) is 7.61. The van der Waals surface area contributed by atoms with Gasteiger partial charge >= 0.3 is 0 Å². The van der Waals surface area contributed by atoms with Crippen LogP contribution >= 0.6 is 22.9 Å². The Bertz CT molecular complexity index is 1170. The van der Waals surface area contributed by atoms with Crippen LogP contribution in [0, 0.1) is 5.82 Å². The minimum Gasteiger partial charge on any atom is -0.366 e. The molecule has 29 heavy (non-hydrogen) atoms. The van der Waals surface area contributed by atoms with Gasteiger partial charge < -0.3 is 9.80 Å². The largest absolute Gasteiger partial charge is 0.366 e. The lowest BCUT2D eigenvalue weighted by Crippen LogP contribution is -2.47. The minimum atomic E-state index is -0.178. The van der Waals surface area contributed by atoms with Gasteiger partial charge in [0.15, 0.2) is 5.82 Å². The zero-order chi connectivity index (χ0) is 19.8. The fraction of sp³-hybridized carbons (Fsp3) is 0.182. The van der Waals surface area contributed by atoms with Crippen LogP contribution in [-0.2, 0) is 0 Å². The van der Waals surface area contributed by atoms with Crippen LogP contribution in [0.4, 0.5) is 15.9 Å². The average Bonchev–Trinajstić information content (AvgIpc) is 3.19. The summed E-state index contributed by atoms with van der Waals surface area (Å²) in [6.07, 6.45) is 0. The van der Waals surface area contributed by atoms with Crippen LogP contribution in [0.1, 0.15) is 0 Å². The van der Waals surface area contributed by atoms with Gasteiger partial charge in [0.1, 0.15) is 11.6 Å². The number of aromatic nitrogens is 2. The molecule has 1 aliphatic heterocycles. The number of piperazine rings is 1. The highest BCUT2D eigenvalue weighted by Gasteiger charge is 2.23. The Balaban J connectivity index is 1.49. The van der Waals surface area contributed by atoms with Crippen LogP contribution in [0.15, 0.2) is 60.0 Å². The molecule has 7 heteroatoms. The molecule has 2 aromatic carbocycles. The molecule has 0 unspecified atom stereocenters. The highest BCUT2D eigenvalue weighted by Crippen LogP contribution is 2.34. The SMILES string of the molecule is Fc1ccccc1N1CCN(c2nc(-c3sccc3Cl)nc3ccccc23)CC1. The predicted molar refractivity (Wildman–Crippen MR) is 119 cm³/mol.